The zero-order valence-electron chi connectivity index (χ0n) is 19.0. The standard InChI is InChI=1S/C24H22BrFN4O5S/c1-36(33,34)30(21-10-4-18(25)5-11-21)15-23(31)29-27-14-17-2-12-22(13-3-17)35-16-24(32)28-20-8-6-19(26)7-9-20/h2-14H,15-16H2,1H3,(H,28,32)(H,29,31)/b27-14-. The van der Waals surface area contributed by atoms with Crippen LogP contribution in [0.3, 0.4) is 0 Å². The average molecular weight is 577 g/mol. The number of ether oxygens (including phenoxy) is 1. The third-order valence-electron chi connectivity index (χ3n) is 4.58. The van der Waals surface area contributed by atoms with E-state index in [0.717, 1.165) is 15.0 Å². The van der Waals surface area contributed by atoms with Gasteiger partial charge in [0.1, 0.15) is 18.1 Å². The monoisotopic (exact) mass is 576 g/mol. The Morgan fingerprint density at radius 2 is 1.64 bits per heavy atom. The molecule has 9 nitrogen and oxygen atoms in total. The molecule has 188 valence electrons. The van der Waals surface area contributed by atoms with Crippen molar-refractivity contribution in [1.82, 2.24) is 5.43 Å². The molecule has 0 saturated heterocycles. The third-order valence-corrected chi connectivity index (χ3v) is 6.25. The number of halogens is 2. The second-order valence-corrected chi connectivity index (χ2v) is 10.3. The zero-order chi connectivity index (χ0) is 26.1. The van der Waals surface area contributed by atoms with Gasteiger partial charge in [0, 0.05) is 10.2 Å². The first kappa shape index (κ1) is 26.8. The molecule has 0 unspecified atom stereocenters. The molecule has 36 heavy (non-hydrogen) atoms. The van der Waals surface area contributed by atoms with E-state index in [1.807, 2.05) is 0 Å². The van der Waals surface area contributed by atoms with Gasteiger partial charge in [0.2, 0.25) is 10.0 Å². The Morgan fingerprint density at radius 3 is 2.25 bits per heavy atom. The highest BCUT2D eigenvalue weighted by atomic mass is 79.9. The van der Waals surface area contributed by atoms with Gasteiger partial charge in [-0.3, -0.25) is 13.9 Å². The average Bonchev–Trinajstić information content (AvgIpc) is 2.83. The lowest BCUT2D eigenvalue weighted by Gasteiger charge is -2.21. The van der Waals surface area contributed by atoms with Gasteiger partial charge in [-0.2, -0.15) is 5.10 Å². The number of nitrogens with one attached hydrogen (secondary N) is 2. The number of hydrazone groups is 1. The van der Waals surface area contributed by atoms with Gasteiger partial charge in [-0.15, -0.1) is 0 Å². The lowest BCUT2D eigenvalue weighted by molar-refractivity contribution is -0.119. The highest BCUT2D eigenvalue weighted by Gasteiger charge is 2.20. The molecule has 2 amide bonds. The van der Waals surface area contributed by atoms with E-state index < -0.39 is 34.2 Å². The predicted molar refractivity (Wildman–Crippen MR) is 139 cm³/mol. The molecule has 0 saturated carbocycles. The van der Waals surface area contributed by atoms with Crippen LogP contribution in [0.15, 0.2) is 82.4 Å². The molecule has 0 spiro atoms. The predicted octanol–water partition coefficient (Wildman–Crippen LogP) is 3.52. The minimum absolute atomic E-state index is 0.240. The number of anilines is 2. The van der Waals surface area contributed by atoms with Crippen LogP contribution < -0.4 is 19.8 Å². The maximum absolute atomic E-state index is 12.9. The second-order valence-electron chi connectivity index (χ2n) is 7.45. The van der Waals surface area contributed by atoms with Crippen LogP contribution >= 0.6 is 15.9 Å². The fourth-order valence-electron chi connectivity index (χ4n) is 2.88. The second kappa shape index (κ2) is 12.3. The molecule has 2 N–H and O–H groups in total. The number of benzene rings is 3. The Bertz CT molecular complexity index is 1330. The lowest BCUT2D eigenvalue weighted by atomic mass is 10.2. The van der Waals surface area contributed by atoms with Crippen molar-refractivity contribution in [2.45, 2.75) is 0 Å². The smallest absolute Gasteiger partial charge is 0.262 e. The van der Waals surface area contributed by atoms with Crippen molar-refractivity contribution in [2.24, 2.45) is 5.10 Å². The van der Waals surface area contributed by atoms with Gasteiger partial charge in [-0.05, 0) is 78.4 Å². The van der Waals surface area contributed by atoms with Crippen LogP contribution in [0.4, 0.5) is 15.8 Å². The summed E-state index contributed by atoms with van der Waals surface area (Å²) in [5.41, 5.74) is 3.74. The number of hydrogen-bond acceptors (Lipinski definition) is 6. The molecular weight excluding hydrogens is 555 g/mol. The maximum atomic E-state index is 12.9. The van der Waals surface area contributed by atoms with Gasteiger partial charge < -0.3 is 10.1 Å². The van der Waals surface area contributed by atoms with Gasteiger partial charge in [0.05, 0.1) is 18.2 Å². The fraction of sp³-hybridized carbons (Fsp3) is 0.125. The number of hydrogen-bond donors (Lipinski definition) is 2. The molecule has 0 aliphatic heterocycles. The fourth-order valence-corrected chi connectivity index (χ4v) is 4.00. The third kappa shape index (κ3) is 8.47. The van der Waals surface area contributed by atoms with E-state index in [2.05, 4.69) is 31.8 Å². The summed E-state index contributed by atoms with van der Waals surface area (Å²) in [5, 5.41) is 6.45. The lowest BCUT2D eigenvalue weighted by Crippen LogP contribution is -2.38. The quantitative estimate of drug-likeness (QED) is 0.283. The molecule has 0 aliphatic carbocycles. The van der Waals surface area contributed by atoms with Crippen molar-refractivity contribution in [3.05, 3.63) is 88.6 Å². The number of carbonyl (C=O) groups excluding carboxylic acids is 2. The number of rotatable bonds is 10. The molecule has 3 aromatic carbocycles. The first-order valence-electron chi connectivity index (χ1n) is 10.4. The van der Waals surface area contributed by atoms with E-state index in [-0.39, 0.29) is 6.61 Å². The Kier molecular flexibility index (Phi) is 9.14. The van der Waals surface area contributed by atoms with Gasteiger partial charge in [0.25, 0.3) is 11.8 Å². The molecule has 12 heteroatoms. The first-order chi connectivity index (χ1) is 17.1. The minimum atomic E-state index is -3.69. The number of sulfonamides is 1. The molecule has 0 heterocycles. The molecule has 3 aromatic rings. The summed E-state index contributed by atoms with van der Waals surface area (Å²) in [6.45, 7) is -0.680. The van der Waals surface area contributed by atoms with E-state index in [1.54, 1.807) is 48.5 Å². The highest BCUT2D eigenvalue weighted by Crippen LogP contribution is 2.20. The van der Waals surface area contributed by atoms with Crippen LogP contribution in [0.1, 0.15) is 5.56 Å². The summed E-state index contributed by atoms with van der Waals surface area (Å²) >= 11 is 3.28. The largest absolute Gasteiger partial charge is 0.484 e. The number of carbonyl (C=O) groups is 2. The Hall–Kier alpha value is -3.77. The summed E-state index contributed by atoms with van der Waals surface area (Å²) in [5.74, 6) is -0.985. The van der Waals surface area contributed by atoms with Gasteiger partial charge in [-0.25, -0.2) is 18.2 Å². The molecule has 3 rings (SSSR count). The molecule has 0 aliphatic rings. The molecule has 0 aromatic heterocycles. The van der Waals surface area contributed by atoms with E-state index in [1.165, 1.54) is 30.5 Å². The van der Waals surface area contributed by atoms with Gasteiger partial charge in [0.15, 0.2) is 6.61 Å². The Morgan fingerprint density at radius 1 is 1.00 bits per heavy atom. The van der Waals surface area contributed by atoms with Crippen molar-refractivity contribution in [1.29, 1.82) is 0 Å². The summed E-state index contributed by atoms with van der Waals surface area (Å²) in [6.07, 6.45) is 2.40. The van der Waals surface area contributed by atoms with Crippen LogP contribution in [0, 0.1) is 5.82 Å². The summed E-state index contributed by atoms with van der Waals surface area (Å²) in [4.78, 5) is 24.2. The first-order valence-corrected chi connectivity index (χ1v) is 13.1. The van der Waals surface area contributed by atoms with Crippen LogP contribution in [0.2, 0.25) is 0 Å². The Balaban J connectivity index is 1.48. The molecule has 0 bridgehead atoms. The van der Waals surface area contributed by atoms with Crippen molar-refractivity contribution in [3.8, 4) is 5.75 Å². The number of amides is 2. The normalized spacial score (nSPS) is 11.2. The number of nitrogens with zero attached hydrogens (tertiary/aromatic N) is 2. The van der Waals surface area contributed by atoms with Gasteiger partial charge in [-0.1, -0.05) is 15.9 Å². The minimum Gasteiger partial charge on any atom is -0.484 e. The van der Waals surface area contributed by atoms with Crippen LogP contribution in [0.5, 0.6) is 5.75 Å². The van der Waals surface area contributed by atoms with E-state index in [9.17, 15) is 22.4 Å². The van der Waals surface area contributed by atoms with Crippen molar-refractivity contribution in [3.63, 3.8) is 0 Å². The molecule has 0 fully saturated rings. The Labute approximate surface area is 216 Å². The van der Waals surface area contributed by atoms with E-state index in [4.69, 9.17) is 4.74 Å². The topological polar surface area (TPSA) is 117 Å². The summed E-state index contributed by atoms with van der Waals surface area (Å²) in [7, 11) is -3.69. The maximum Gasteiger partial charge on any atom is 0.262 e. The highest BCUT2D eigenvalue weighted by molar-refractivity contribution is 9.10. The SMILES string of the molecule is CS(=O)(=O)N(CC(=O)N/N=C\c1ccc(OCC(=O)Nc2ccc(F)cc2)cc1)c1ccc(Br)cc1. The zero-order valence-corrected chi connectivity index (χ0v) is 21.4. The van der Waals surface area contributed by atoms with E-state index in [0.29, 0.717) is 22.7 Å². The molecule has 0 radical (unpaired) electrons. The van der Waals surface area contributed by atoms with Crippen molar-refractivity contribution >= 4 is 55.4 Å². The van der Waals surface area contributed by atoms with Crippen molar-refractivity contribution < 1.29 is 27.1 Å². The van der Waals surface area contributed by atoms with Crippen molar-refractivity contribution in [2.75, 3.05) is 29.0 Å². The van der Waals surface area contributed by atoms with Crippen LogP contribution in [-0.2, 0) is 19.6 Å². The summed E-state index contributed by atoms with van der Waals surface area (Å²) in [6, 6.07) is 18.4. The van der Waals surface area contributed by atoms with Gasteiger partial charge >= 0.3 is 0 Å². The molecule has 0 atom stereocenters. The molecular formula is C24H22BrFN4O5S. The van der Waals surface area contributed by atoms with Crippen LogP contribution in [0.25, 0.3) is 0 Å². The van der Waals surface area contributed by atoms with E-state index >= 15 is 0 Å². The van der Waals surface area contributed by atoms with Crippen LogP contribution in [-0.4, -0.2) is 45.9 Å². The summed E-state index contributed by atoms with van der Waals surface area (Å²) < 4.78 is 44.3.